The molecule has 4 nitrogen and oxygen atoms in total. The number of rotatable bonds is 3. The van der Waals surface area contributed by atoms with Crippen LogP contribution in [0, 0.1) is 0 Å². The van der Waals surface area contributed by atoms with Crippen molar-refractivity contribution in [2.75, 3.05) is 0 Å². The van der Waals surface area contributed by atoms with Crippen molar-refractivity contribution in [3.63, 3.8) is 0 Å². The molecule has 1 aliphatic rings. The minimum Gasteiger partial charge on any atom is -0.350 e. The third kappa shape index (κ3) is 3.17. The van der Waals surface area contributed by atoms with E-state index in [1.807, 2.05) is 30.3 Å². The first-order valence-electron chi connectivity index (χ1n) is 7.55. The highest BCUT2D eigenvalue weighted by molar-refractivity contribution is 6.13. The van der Waals surface area contributed by atoms with E-state index in [-0.39, 0.29) is 0 Å². The van der Waals surface area contributed by atoms with Gasteiger partial charge in [-0.3, -0.25) is 0 Å². The molecule has 2 aromatic carbocycles. The number of carbonyl (C=O) groups is 1. The molecule has 0 unspecified atom stereocenters. The van der Waals surface area contributed by atoms with Crippen molar-refractivity contribution in [2.45, 2.75) is 25.7 Å². The number of hydrazone groups is 1. The van der Waals surface area contributed by atoms with Crippen molar-refractivity contribution in [1.29, 1.82) is 0 Å². The molecular formula is C18H19N3O. The van der Waals surface area contributed by atoms with Crippen LogP contribution in [0.5, 0.6) is 0 Å². The van der Waals surface area contributed by atoms with Crippen molar-refractivity contribution < 1.29 is 4.79 Å². The van der Waals surface area contributed by atoms with Crippen molar-refractivity contribution in [1.82, 2.24) is 5.43 Å². The van der Waals surface area contributed by atoms with Gasteiger partial charge in [-0.25, -0.2) is 10.2 Å². The van der Waals surface area contributed by atoms with Crippen LogP contribution in [-0.2, 0) is 12.8 Å². The fraction of sp³-hybridized carbons (Fsp3) is 0.222. The van der Waals surface area contributed by atoms with Gasteiger partial charge in [0.2, 0.25) is 0 Å². The summed E-state index contributed by atoms with van der Waals surface area (Å²) in [6, 6.07) is 15.6. The molecule has 0 saturated carbocycles. The SMILES string of the molecule is NC(=O)N/N=C(/c1ccccc1)c1ccc2c(c1)CCCC2. The van der Waals surface area contributed by atoms with Gasteiger partial charge in [-0.15, -0.1) is 0 Å². The second-order valence-corrected chi connectivity index (χ2v) is 5.49. The molecular weight excluding hydrogens is 274 g/mol. The highest BCUT2D eigenvalue weighted by Gasteiger charge is 2.13. The Morgan fingerprint density at radius 2 is 1.68 bits per heavy atom. The maximum absolute atomic E-state index is 11.0. The first-order chi connectivity index (χ1) is 10.7. The van der Waals surface area contributed by atoms with Crippen molar-refractivity contribution in [3.05, 3.63) is 70.8 Å². The Morgan fingerprint density at radius 3 is 2.41 bits per heavy atom. The Bertz CT molecular complexity index is 708. The van der Waals surface area contributed by atoms with E-state index in [1.54, 1.807) is 0 Å². The fourth-order valence-corrected chi connectivity index (χ4v) is 2.88. The summed E-state index contributed by atoms with van der Waals surface area (Å²) in [4.78, 5) is 11.0. The topological polar surface area (TPSA) is 67.5 Å². The van der Waals surface area contributed by atoms with Crippen LogP contribution in [0.1, 0.15) is 35.1 Å². The molecule has 1 aliphatic carbocycles. The Kier molecular flexibility index (Phi) is 4.19. The van der Waals surface area contributed by atoms with Crippen LogP contribution >= 0.6 is 0 Å². The van der Waals surface area contributed by atoms with Gasteiger partial charge in [-0.1, -0.05) is 42.5 Å². The molecule has 0 saturated heterocycles. The number of primary amides is 1. The van der Waals surface area contributed by atoms with E-state index in [0.717, 1.165) is 29.7 Å². The lowest BCUT2D eigenvalue weighted by Crippen LogP contribution is -2.26. The van der Waals surface area contributed by atoms with Crippen LogP contribution in [-0.4, -0.2) is 11.7 Å². The number of benzene rings is 2. The van der Waals surface area contributed by atoms with E-state index < -0.39 is 6.03 Å². The predicted molar refractivity (Wildman–Crippen MR) is 87.9 cm³/mol. The predicted octanol–water partition coefficient (Wildman–Crippen LogP) is 2.99. The lowest BCUT2D eigenvalue weighted by molar-refractivity contribution is 0.249. The van der Waals surface area contributed by atoms with Crippen molar-refractivity contribution in [2.24, 2.45) is 10.8 Å². The van der Waals surface area contributed by atoms with Crippen LogP contribution in [0.2, 0.25) is 0 Å². The maximum atomic E-state index is 11.0. The van der Waals surface area contributed by atoms with Gasteiger partial charge in [0.1, 0.15) is 0 Å². The van der Waals surface area contributed by atoms with Crippen LogP contribution < -0.4 is 11.2 Å². The highest BCUT2D eigenvalue weighted by atomic mass is 16.2. The third-order valence-corrected chi connectivity index (χ3v) is 3.95. The molecule has 3 rings (SSSR count). The van der Waals surface area contributed by atoms with Crippen LogP contribution in [0.4, 0.5) is 4.79 Å². The number of urea groups is 1. The normalized spacial score (nSPS) is 14.3. The molecule has 0 aromatic heterocycles. The highest BCUT2D eigenvalue weighted by Crippen LogP contribution is 2.23. The molecule has 0 fully saturated rings. The number of hydrogen-bond acceptors (Lipinski definition) is 2. The molecule has 0 radical (unpaired) electrons. The summed E-state index contributed by atoms with van der Waals surface area (Å²) in [6.07, 6.45) is 4.74. The lowest BCUT2D eigenvalue weighted by atomic mass is 9.89. The summed E-state index contributed by atoms with van der Waals surface area (Å²) in [7, 11) is 0. The minimum atomic E-state index is -0.661. The summed E-state index contributed by atoms with van der Waals surface area (Å²) in [5.74, 6) is 0. The van der Waals surface area contributed by atoms with Crippen molar-refractivity contribution in [3.8, 4) is 0 Å². The van der Waals surface area contributed by atoms with Gasteiger partial charge in [-0.2, -0.15) is 5.10 Å². The van der Waals surface area contributed by atoms with Gasteiger partial charge in [0.15, 0.2) is 0 Å². The molecule has 112 valence electrons. The van der Waals surface area contributed by atoms with E-state index in [4.69, 9.17) is 5.73 Å². The maximum Gasteiger partial charge on any atom is 0.332 e. The van der Waals surface area contributed by atoms with E-state index in [2.05, 4.69) is 28.7 Å². The number of nitrogens with one attached hydrogen (secondary N) is 1. The summed E-state index contributed by atoms with van der Waals surface area (Å²) < 4.78 is 0. The monoisotopic (exact) mass is 293 g/mol. The fourth-order valence-electron chi connectivity index (χ4n) is 2.88. The number of nitrogens with two attached hydrogens (primary N) is 1. The number of aryl methyl sites for hydroxylation is 2. The number of hydrogen-bond donors (Lipinski definition) is 2. The van der Waals surface area contributed by atoms with Crippen LogP contribution in [0.25, 0.3) is 0 Å². The summed E-state index contributed by atoms with van der Waals surface area (Å²) in [6.45, 7) is 0. The second kappa shape index (κ2) is 6.43. The zero-order valence-corrected chi connectivity index (χ0v) is 12.4. The smallest absolute Gasteiger partial charge is 0.332 e. The average Bonchev–Trinajstić information content (AvgIpc) is 2.55. The number of fused-ring (bicyclic) bond motifs is 1. The quantitative estimate of drug-likeness (QED) is 0.663. The molecule has 0 bridgehead atoms. The number of carbonyl (C=O) groups excluding carboxylic acids is 1. The van der Waals surface area contributed by atoms with E-state index in [0.29, 0.717) is 0 Å². The molecule has 2 amide bonds. The molecule has 2 aromatic rings. The first kappa shape index (κ1) is 14.3. The van der Waals surface area contributed by atoms with Gasteiger partial charge in [0, 0.05) is 11.1 Å². The molecule has 0 aliphatic heterocycles. The zero-order chi connectivity index (χ0) is 15.4. The second-order valence-electron chi connectivity index (χ2n) is 5.49. The van der Waals surface area contributed by atoms with Crippen LogP contribution in [0.3, 0.4) is 0 Å². The largest absolute Gasteiger partial charge is 0.350 e. The summed E-state index contributed by atoms with van der Waals surface area (Å²) in [5, 5.41) is 4.20. The molecule has 0 atom stereocenters. The van der Waals surface area contributed by atoms with Gasteiger partial charge < -0.3 is 5.73 Å². The Labute approximate surface area is 130 Å². The third-order valence-electron chi connectivity index (χ3n) is 3.95. The number of amides is 2. The summed E-state index contributed by atoms with van der Waals surface area (Å²) >= 11 is 0. The Balaban J connectivity index is 2.02. The number of nitrogens with zero attached hydrogens (tertiary/aromatic N) is 1. The van der Waals surface area contributed by atoms with Gasteiger partial charge >= 0.3 is 6.03 Å². The van der Waals surface area contributed by atoms with E-state index in [9.17, 15) is 4.79 Å². The molecule has 0 heterocycles. The molecule has 0 spiro atoms. The standard InChI is InChI=1S/C18H19N3O/c19-18(22)21-20-17(14-7-2-1-3-8-14)16-11-10-13-6-4-5-9-15(13)12-16/h1-3,7-8,10-12H,4-6,9H2,(H3,19,21,22)/b20-17-. The van der Waals surface area contributed by atoms with Gasteiger partial charge in [0.25, 0.3) is 0 Å². The summed E-state index contributed by atoms with van der Waals surface area (Å²) in [5.41, 5.74) is 13.0. The zero-order valence-electron chi connectivity index (χ0n) is 12.4. The molecule has 4 heteroatoms. The van der Waals surface area contributed by atoms with Gasteiger partial charge in [-0.05, 0) is 42.9 Å². The first-order valence-corrected chi connectivity index (χ1v) is 7.55. The van der Waals surface area contributed by atoms with E-state index >= 15 is 0 Å². The lowest BCUT2D eigenvalue weighted by Gasteiger charge is -2.17. The van der Waals surface area contributed by atoms with Gasteiger partial charge in [0.05, 0.1) is 5.71 Å². The molecule has 3 N–H and O–H groups in total. The molecule has 22 heavy (non-hydrogen) atoms. The Morgan fingerprint density at radius 1 is 0.955 bits per heavy atom. The minimum absolute atomic E-state index is 0.661. The van der Waals surface area contributed by atoms with Crippen LogP contribution in [0.15, 0.2) is 53.6 Å². The Hall–Kier alpha value is -2.62. The average molecular weight is 293 g/mol. The van der Waals surface area contributed by atoms with Crippen molar-refractivity contribution >= 4 is 11.7 Å². The van der Waals surface area contributed by atoms with E-state index in [1.165, 1.54) is 24.0 Å².